The highest BCUT2D eigenvalue weighted by Gasteiger charge is 1.87. The molecule has 2 aromatic rings. The van der Waals surface area contributed by atoms with Gasteiger partial charge in [0.25, 0.3) is 0 Å². The molecule has 0 amide bonds. The maximum Gasteiger partial charge on any atom is 0.0574 e. The molecule has 4 nitrogen and oxygen atoms in total. The molecule has 0 radical (unpaired) electrons. The summed E-state index contributed by atoms with van der Waals surface area (Å²) in [5, 5.41) is 9.80. The lowest BCUT2D eigenvalue weighted by molar-refractivity contribution is 1.05. The lowest BCUT2D eigenvalue weighted by atomic mass is 10.2. The minimum absolute atomic E-state index is 1.14. The Morgan fingerprint density at radius 3 is 1.67 bits per heavy atom. The monoisotopic (exact) mass is 162 g/mol. The first-order chi connectivity index (χ1) is 5.97. The molecule has 1 aromatic heterocycles. The van der Waals surface area contributed by atoms with Crippen molar-refractivity contribution in [3.63, 3.8) is 0 Å². The van der Waals surface area contributed by atoms with Crippen LogP contribution in [0.5, 0.6) is 0 Å². The summed E-state index contributed by atoms with van der Waals surface area (Å²) in [5.41, 5.74) is 0. The van der Waals surface area contributed by atoms with Crippen molar-refractivity contribution >= 4 is 10.8 Å². The minimum atomic E-state index is 1.14. The van der Waals surface area contributed by atoms with E-state index in [-0.39, 0.29) is 0 Å². The number of benzene rings is 1. The number of fused-ring (bicyclic) bond motifs is 1. The van der Waals surface area contributed by atoms with Crippen LogP contribution >= 0.6 is 0 Å². The molecule has 0 saturated heterocycles. The van der Waals surface area contributed by atoms with E-state index in [0.717, 1.165) is 10.8 Å². The molecule has 0 aliphatic carbocycles. The summed E-state index contributed by atoms with van der Waals surface area (Å²) >= 11 is 0. The molecule has 0 saturated carbocycles. The molecule has 4 heteroatoms. The zero-order valence-electron chi connectivity index (χ0n) is 6.51. The van der Waals surface area contributed by atoms with Crippen LogP contribution in [0.3, 0.4) is 0 Å². The third-order valence-corrected chi connectivity index (χ3v) is 1.46. The standard InChI is InChI=1S/C8H6N2.H4N2/c1-2-4-8-6-10-9-5-7(8)3-1;1-2/h1-6H;1-2H2. The van der Waals surface area contributed by atoms with Crippen LogP contribution in [0, 0.1) is 0 Å². The zero-order chi connectivity index (χ0) is 8.81. The van der Waals surface area contributed by atoms with Gasteiger partial charge in [-0.25, -0.2) is 0 Å². The van der Waals surface area contributed by atoms with Gasteiger partial charge in [-0.1, -0.05) is 24.3 Å². The van der Waals surface area contributed by atoms with E-state index in [9.17, 15) is 0 Å². The number of nitrogens with zero attached hydrogens (tertiary/aromatic N) is 2. The van der Waals surface area contributed by atoms with Crippen molar-refractivity contribution in [1.29, 1.82) is 0 Å². The number of rotatable bonds is 0. The highest BCUT2D eigenvalue weighted by Crippen LogP contribution is 2.08. The molecule has 0 atom stereocenters. The molecule has 0 fully saturated rings. The third-order valence-electron chi connectivity index (χ3n) is 1.46. The van der Waals surface area contributed by atoms with Crippen LogP contribution < -0.4 is 11.7 Å². The number of hydrogen-bond acceptors (Lipinski definition) is 4. The smallest absolute Gasteiger partial charge is 0.0574 e. The highest BCUT2D eigenvalue weighted by molar-refractivity contribution is 5.80. The van der Waals surface area contributed by atoms with Gasteiger partial charge in [0, 0.05) is 10.8 Å². The van der Waals surface area contributed by atoms with E-state index < -0.39 is 0 Å². The summed E-state index contributed by atoms with van der Waals surface area (Å²) in [6.07, 6.45) is 3.52. The van der Waals surface area contributed by atoms with Gasteiger partial charge < -0.3 is 0 Å². The van der Waals surface area contributed by atoms with Crippen molar-refractivity contribution in [3.05, 3.63) is 36.7 Å². The maximum atomic E-state index is 4.00. The van der Waals surface area contributed by atoms with Crippen molar-refractivity contribution in [1.82, 2.24) is 10.2 Å². The second kappa shape index (κ2) is 4.38. The molecule has 4 N–H and O–H groups in total. The molecular weight excluding hydrogens is 152 g/mol. The lowest BCUT2D eigenvalue weighted by Gasteiger charge is -1.90. The van der Waals surface area contributed by atoms with Crippen molar-refractivity contribution < 1.29 is 0 Å². The van der Waals surface area contributed by atoms with Crippen LogP contribution in [0.1, 0.15) is 0 Å². The molecule has 0 unspecified atom stereocenters. The first-order valence-corrected chi connectivity index (χ1v) is 3.45. The van der Waals surface area contributed by atoms with E-state index in [0.29, 0.717) is 0 Å². The maximum absolute atomic E-state index is 4.00. The SMILES string of the molecule is NN.c1ccc2cnncc2c1. The Bertz CT molecular complexity index is 282. The van der Waals surface area contributed by atoms with Crippen LogP contribution in [0.4, 0.5) is 0 Å². The normalized spacial score (nSPS) is 8.83. The second-order valence-electron chi connectivity index (χ2n) is 2.12. The van der Waals surface area contributed by atoms with Crippen LogP contribution in [-0.2, 0) is 0 Å². The van der Waals surface area contributed by atoms with Crippen LogP contribution in [0.2, 0.25) is 0 Å². The molecule has 0 aliphatic rings. The van der Waals surface area contributed by atoms with Crippen molar-refractivity contribution in [2.24, 2.45) is 11.7 Å². The minimum Gasteiger partial charge on any atom is -0.274 e. The van der Waals surface area contributed by atoms with E-state index >= 15 is 0 Å². The Morgan fingerprint density at radius 1 is 0.833 bits per heavy atom. The largest absolute Gasteiger partial charge is 0.274 e. The van der Waals surface area contributed by atoms with Crippen molar-refractivity contribution in [3.8, 4) is 0 Å². The third kappa shape index (κ3) is 1.75. The van der Waals surface area contributed by atoms with Gasteiger partial charge >= 0.3 is 0 Å². The van der Waals surface area contributed by atoms with Gasteiger partial charge in [-0.2, -0.15) is 10.2 Å². The first kappa shape index (κ1) is 8.58. The van der Waals surface area contributed by atoms with Gasteiger partial charge in [-0.15, -0.1) is 0 Å². The van der Waals surface area contributed by atoms with Gasteiger partial charge in [-0.05, 0) is 0 Å². The molecule has 1 aromatic carbocycles. The predicted molar refractivity (Wildman–Crippen MR) is 47.9 cm³/mol. The number of hydrogen-bond donors (Lipinski definition) is 2. The number of aromatic nitrogens is 2. The molecule has 1 heterocycles. The van der Waals surface area contributed by atoms with E-state index in [1.54, 1.807) is 12.4 Å². The van der Waals surface area contributed by atoms with E-state index in [1.807, 2.05) is 24.3 Å². The summed E-state index contributed by atoms with van der Waals surface area (Å²) in [7, 11) is 0. The van der Waals surface area contributed by atoms with Gasteiger partial charge in [0.2, 0.25) is 0 Å². The molecule has 12 heavy (non-hydrogen) atoms. The van der Waals surface area contributed by atoms with E-state index in [2.05, 4.69) is 21.9 Å². The first-order valence-electron chi connectivity index (χ1n) is 3.45. The molecule has 0 spiro atoms. The Labute approximate surface area is 70.2 Å². The molecule has 2 rings (SSSR count). The predicted octanol–water partition coefficient (Wildman–Crippen LogP) is 0.449. The fourth-order valence-corrected chi connectivity index (χ4v) is 0.937. The lowest BCUT2D eigenvalue weighted by Crippen LogP contribution is -2.02. The quantitative estimate of drug-likeness (QED) is 0.435. The summed E-state index contributed by atoms with van der Waals surface area (Å²) in [5.74, 6) is 8.00. The number of nitrogens with two attached hydrogens (primary N) is 2. The second-order valence-corrected chi connectivity index (χ2v) is 2.12. The fraction of sp³-hybridized carbons (Fsp3) is 0. The van der Waals surface area contributed by atoms with Crippen LogP contribution in [-0.4, -0.2) is 10.2 Å². The van der Waals surface area contributed by atoms with Gasteiger partial charge in [-0.3, -0.25) is 11.7 Å². The topological polar surface area (TPSA) is 77.8 Å². The fourth-order valence-electron chi connectivity index (χ4n) is 0.937. The average molecular weight is 162 g/mol. The summed E-state index contributed by atoms with van der Waals surface area (Å²) in [6.45, 7) is 0. The van der Waals surface area contributed by atoms with Crippen molar-refractivity contribution in [2.45, 2.75) is 0 Å². The molecular formula is C8H10N4. The Hall–Kier alpha value is -1.52. The summed E-state index contributed by atoms with van der Waals surface area (Å²) < 4.78 is 0. The van der Waals surface area contributed by atoms with E-state index in [1.165, 1.54) is 0 Å². The molecule has 0 aliphatic heterocycles. The Morgan fingerprint density at radius 2 is 1.25 bits per heavy atom. The van der Waals surface area contributed by atoms with Crippen LogP contribution in [0.25, 0.3) is 10.8 Å². The highest BCUT2D eigenvalue weighted by atomic mass is 15.1. The van der Waals surface area contributed by atoms with Crippen molar-refractivity contribution in [2.75, 3.05) is 0 Å². The van der Waals surface area contributed by atoms with E-state index in [4.69, 9.17) is 0 Å². The van der Waals surface area contributed by atoms with Gasteiger partial charge in [0.15, 0.2) is 0 Å². The molecule has 62 valence electrons. The summed E-state index contributed by atoms with van der Waals surface area (Å²) in [4.78, 5) is 0. The zero-order valence-corrected chi connectivity index (χ0v) is 6.51. The summed E-state index contributed by atoms with van der Waals surface area (Å²) in [6, 6.07) is 8.02. The van der Waals surface area contributed by atoms with Crippen LogP contribution in [0.15, 0.2) is 36.7 Å². The van der Waals surface area contributed by atoms with Gasteiger partial charge in [0.1, 0.15) is 0 Å². The molecule has 0 bridgehead atoms. The Kier molecular flexibility index (Phi) is 3.13. The average Bonchev–Trinajstić information content (AvgIpc) is 2.21. The Balaban J connectivity index is 0.000000336. The number of hydrazine groups is 1. The van der Waals surface area contributed by atoms with Gasteiger partial charge in [0.05, 0.1) is 12.4 Å².